The number of halogens is 3. The van der Waals surface area contributed by atoms with Crippen LogP contribution in [0.5, 0.6) is 0 Å². The molecule has 8 heteroatoms. The van der Waals surface area contributed by atoms with Gasteiger partial charge in [-0.05, 0) is 29.5 Å². The van der Waals surface area contributed by atoms with Gasteiger partial charge in [-0.2, -0.15) is 13.2 Å². The molecule has 0 saturated heterocycles. The summed E-state index contributed by atoms with van der Waals surface area (Å²) in [6.45, 7) is 0. The fraction of sp³-hybridized carbons (Fsp3) is 0.222. The number of hydrogen-bond donors (Lipinski definition) is 2. The van der Waals surface area contributed by atoms with Gasteiger partial charge in [0, 0.05) is 12.1 Å². The number of benzene rings is 2. The van der Waals surface area contributed by atoms with Crippen molar-refractivity contribution in [3.05, 3.63) is 66.2 Å². The first-order valence-electron chi connectivity index (χ1n) is 7.73. The van der Waals surface area contributed by atoms with Gasteiger partial charge in [-0.25, -0.2) is 0 Å². The number of amides is 2. The average molecular weight is 382 g/mol. The second kappa shape index (κ2) is 9.28. The summed E-state index contributed by atoms with van der Waals surface area (Å²) in [5.74, 6) is -2.14. The molecule has 2 rings (SSSR count). The van der Waals surface area contributed by atoms with E-state index in [4.69, 9.17) is 0 Å². The van der Waals surface area contributed by atoms with Gasteiger partial charge in [-0.3, -0.25) is 9.59 Å². The molecular formula is C18H17F3N2O2S. The van der Waals surface area contributed by atoms with Crippen LogP contribution in [0.1, 0.15) is 5.56 Å². The second-order valence-corrected chi connectivity index (χ2v) is 6.44. The molecule has 0 saturated carbocycles. The number of hydrogen-bond acceptors (Lipinski definition) is 3. The molecule has 2 aromatic rings. The third-order valence-corrected chi connectivity index (χ3v) is 4.08. The van der Waals surface area contributed by atoms with Gasteiger partial charge >= 0.3 is 5.51 Å². The van der Waals surface area contributed by atoms with Crippen LogP contribution >= 0.6 is 11.8 Å². The maximum atomic E-state index is 12.5. The maximum Gasteiger partial charge on any atom is 0.442 e. The maximum absolute atomic E-state index is 12.5. The molecule has 0 aliphatic rings. The van der Waals surface area contributed by atoms with Gasteiger partial charge in [-0.1, -0.05) is 48.5 Å². The largest absolute Gasteiger partial charge is 0.442 e. The van der Waals surface area contributed by atoms with Crippen molar-refractivity contribution in [1.82, 2.24) is 5.32 Å². The minimum atomic E-state index is -4.50. The van der Waals surface area contributed by atoms with Crippen molar-refractivity contribution in [2.24, 2.45) is 0 Å². The van der Waals surface area contributed by atoms with Crippen LogP contribution in [0.15, 0.2) is 60.7 Å². The smallest absolute Gasteiger partial charge is 0.343 e. The third kappa shape index (κ3) is 7.18. The lowest BCUT2D eigenvalue weighted by atomic mass is 10.1. The Kier molecular flexibility index (Phi) is 7.08. The Labute approximate surface area is 153 Å². The van der Waals surface area contributed by atoms with E-state index in [0.717, 1.165) is 5.56 Å². The van der Waals surface area contributed by atoms with Gasteiger partial charge in [0.2, 0.25) is 11.8 Å². The van der Waals surface area contributed by atoms with Crippen molar-refractivity contribution >= 4 is 29.3 Å². The summed E-state index contributed by atoms with van der Waals surface area (Å²) in [6.07, 6.45) is 0.169. The van der Waals surface area contributed by atoms with Crippen LogP contribution in [0.4, 0.5) is 18.9 Å². The normalized spacial score (nSPS) is 12.3. The van der Waals surface area contributed by atoms with E-state index < -0.39 is 40.9 Å². The molecule has 2 aromatic carbocycles. The highest BCUT2D eigenvalue weighted by atomic mass is 32.2. The molecule has 2 amide bonds. The van der Waals surface area contributed by atoms with Gasteiger partial charge in [0.05, 0.1) is 5.75 Å². The highest BCUT2D eigenvalue weighted by molar-refractivity contribution is 8.00. The van der Waals surface area contributed by atoms with E-state index in [9.17, 15) is 22.8 Å². The highest BCUT2D eigenvalue weighted by Gasteiger charge is 2.30. The van der Waals surface area contributed by atoms with Crippen LogP contribution in [-0.2, 0) is 16.0 Å². The molecule has 0 aromatic heterocycles. The molecule has 26 heavy (non-hydrogen) atoms. The number of para-hydroxylation sites is 1. The number of carbonyl (C=O) groups is 2. The Hall–Kier alpha value is -2.48. The van der Waals surface area contributed by atoms with Gasteiger partial charge in [0.15, 0.2) is 0 Å². The third-order valence-electron chi connectivity index (χ3n) is 3.34. The lowest BCUT2D eigenvalue weighted by molar-refractivity contribution is -0.125. The summed E-state index contributed by atoms with van der Waals surface area (Å²) in [5.41, 5.74) is -3.18. The molecule has 0 aliphatic heterocycles. The first-order chi connectivity index (χ1) is 12.3. The lowest BCUT2D eigenvalue weighted by Gasteiger charge is -2.19. The standard InChI is InChI=1S/C18H17F3N2O2S/c19-18(20,21)26-12-16(24)23-15(11-13-7-3-1-4-8-13)17(25)22-14-9-5-2-6-10-14/h1-10,15H,11-12H2,(H,22,25)(H,23,24). The number of alkyl halides is 3. The van der Waals surface area contributed by atoms with E-state index in [1.165, 1.54) is 0 Å². The van der Waals surface area contributed by atoms with Crippen molar-refractivity contribution in [3.63, 3.8) is 0 Å². The van der Waals surface area contributed by atoms with Gasteiger partial charge < -0.3 is 10.6 Å². The van der Waals surface area contributed by atoms with Crippen molar-refractivity contribution in [1.29, 1.82) is 0 Å². The number of rotatable bonds is 7. The van der Waals surface area contributed by atoms with E-state index in [-0.39, 0.29) is 6.42 Å². The van der Waals surface area contributed by atoms with Crippen LogP contribution in [0.3, 0.4) is 0 Å². The Morgan fingerprint density at radius 3 is 2.12 bits per heavy atom. The van der Waals surface area contributed by atoms with Gasteiger partial charge in [-0.15, -0.1) is 0 Å². The first kappa shape index (κ1) is 19.8. The summed E-state index contributed by atoms with van der Waals surface area (Å²) >= 11 is -0.438. The molecule has 0 aliphatic carbocycles. The van der Waals surface area contributed by atoms with Crippen LogP contribution in [-0.4, -0.2) is 29.1 Å². The van der Waals surface area contributed by atoms with E-state index in [1.807, 2.05) is 0 Å². The number of nitrogens with one attached hydrogen (secondary N) is 2. The fourth-order valence-corrected chi connectivity index (χ4v) is 2.57. The van der Waals surface area contributed by atoms with Crippen LogP contribution in [0.2, 0.25) is 0 Å². The number of thioether (sulfide) groups is 1. The minimum absolute atomic E-state index is 0.169. The number of carbonyl (C=O) groups excluding carboxylic acids is 2. The Balaban J connectivity index is 2.05. The monoisotopic (exact) mass is 382 g/mol. The molecule has 0 radical (unpaired) electrons. The zero-order chi connectivity index (χ0) is 19.0. The Morgan fingerprint density at radius 2 is 1.54 bits per heavy atom. The van der Waals surface area contributed by atoms with Crippen molar-refractivity contribution in [2.45, 2.75) is 18.0 Å². The highest BCUT2D eigenvalue weighted by Crippen LogP contribution is 2.29. The van der Waals surface area contributed by atoms with E-state index >= 15 is 0 Å². The number of anilines is 1. The van der Waals surface area contributed by atoms with E-state index in [0.29, 0.717) is 5.69 Å². The molecule has 1 atom stereocenters. The van der Waals surface area contributed by atoms with Crippen molar-refractivity contribution in [3.8, 4) is 0 Å². The predicted octanol–water partition coefficient (Wildman–Crippen LogP) is 3.61. The summed E-state index contributed by atoms with van der Waals surface area (Å²) in [6, 6.07) is 16.6. The van der Waals surface area contributed by atoms with Crippen LogP contribution in [0.25, 0.3) is 0 Å². The molecule has 0 spiro atoms. The molecule has 2 N–H and O–H groups in total. The summed E-state index contributed by atoms with van der Waals surface area (Å²) < 4.78 is 36.8. The van der Waals surface area contributed by atoms with E-state index in [2.05, 4.69) is 10.6 Å². The lowest BCUT2D eigenvalue weighted by Crippen LogP contribution is -2.46. The second-order valence-electron chi connectivity index (χ2n) is 5.40. The molecule has 1 unspecified atom stereocenters. The summed E-state index contributed by atoms with van der Waals surface area (Å²) in [7, 11) is 0. The average Bonchev–Trinajstić information content (AvgIpc) is 2.60. The minimum Gasteiger partial charge on any atom is -0.343 e. The molecule has 4 nitrogen and oxygen atoms in total. The van der Waals surface area contributed by atoms with Gasteiger partial charge in [0.1, 0.15) is 6.04 Å². The zero-order valence-corrected chi connectivity index (χ0v) is 14.4. The van der Waals surface area contributed by atoms with Crippen molar-refractivity contribution < 1.29 is 22.8 Å². The predicted molar refractivity (Wildman–Crippen MR) is 95.7 cm³/mol. The zero-order valence-electron chi connectivity index (χ0n) is 13.6. The van der Waals surface area contributed by atoms with Crippen LogP contribution < -0.4 is 10.6 Å². The van der Waals surface area contributed by atoms with Gasteiger partial charge in [0.25, 0.3) is 0 Å². The Bertz CT molecular complexity index is 724. The molecule has 0 bridgehead atoms. The fourth-order valence-electron chi connectivity index (χ4n) is 2.19. The Morgan fingerprint density at radius 1 is 0.962 bits per heavy atom. The summed E-state index contributed by atoms with van der Waals surface area (Å²) in [5, 5.41) is 5.04. The molecular weight excluding hydrogens is 365 g/mol. The molecule has 138 valence electrons. The first-order valence-corrected chi connectivity index (χ1v) is 8.72. The topological polar surface area (TPSA) is 58.2 Å². The molecule has 0 heterocycles. The van der Waals surface area contributed by atoms with Crippen LogP contribution in [0, 0.1) is 0 Å². The SMILES string of the molecule is O=C(CSC(F)(F)F)NC(Cc1ccccc1)C(=O)Nc1ccccc1. The quantitative estimate of drug-likeness (QED) is 0.769. The summed E-state index contributed by atoms with van der Waals surface area (Å²) in [4.78, 5) is 24.3. The van der Waals surface area contributed by atoms with Crippen molar-refractivity contribution in [2.75, 3.05) is 11.1 Å². The van der Waals surface area contributed by atoms with E-state index in [1.54, 1.807) is 60.7 Å². The molecule has 0 fully saturated rings.